The van der Waals surface area contributed by atoms with Gasteiger partial charge in [-0.05, 0) is 6.07 Å². The lowest BCUT2D eigenvalue weighted by Gasteiger charge is -2.09. The number of benzene rings is 1. The first-order valence-electron chi connectivity index (χ1n) is 6.14. The molecule has 0 saturated heterocycles. The molecule has 2 heterocycles. The molecule has 0 saturated carbocycles. The van der Waals surface area contributed by atoms with Gasteiger partial charge < -0.3 is 14.5 Å². The molecule has 1 aliphatic heterocycles. The Kier molecular flexibility index (Phi) is 2.72. The average Bonchev–Trinajstić information content (AvgIpc) is 2.71. The highest BCUT2D eigenvalue weighted by molar-refractivity contribution is 6.21. The molecule has 0 fully saturated rings. The summed E-state index contributed by atoms with van der Waals surface area (Å²) in [6, 6.07) is 3.05. The van der Waals surface area contributed by atoms with Gasteiger partial charge in [-0.3, -0.25) is 19.3 Å². The van der Waals surface area contributed by atoms with Gasteiger partial charge >= 0.3 is 0 Å². The highest BCUT2D eigenvalue weighted by Crippen LogP contribution is 2.31. The molecule has 0 spiro atoms. The van der Waals surface area contributed by atoms with Crippen LogP contribution in [0.3, 0.4) is 0 Å². The van der Waals surface area contributed by atoms with E-state index in [4.69, 9.17) is 9.47 Å². The van der Waals surface area contributed by atoms with Gasteiger partial charge in [-0.15, -0.1) is 0 Å². The van der Waals surface area contributed by atoms with Gasteiger partial charge in [0.2, 0.25) is 5.43 Å². The number of methoxy groups -OCH3 is 2. The summed E-state index contributed by atoms with van der Waals surface area (Å²) in [7, 11) is 4.26. The number of pyridine rings is 1. The largest absolute Gasteiger partial charge is 0.493 e. The Bertz CT molecular complexity index is 853. The van der Waals surface area contributed by atoms with E-state index >= 15 is 0 Å². The Hall–Kier alpha value is -2.83. The van der Waals surface area contributed by atoms with Gasteiger partial charge in [-0.25, -0.2) is 0 Å². The van der Waals surface area contributed by atoms with Gasteiger partial charge in [0.05, 0.1) is 25.1 Å². The van der Waals surface area contributed by atoms with Crippen molar-refractivity contribution in [1.29, 1.82) is 0 Å². The monoisotopic (exact) mass is 288 g/mol. The SMILES string of the molecule is COc1cc2[nH]c3c(c(=O)c2cc1OC)C(=O)N(C)C3=O. The van der Waals surface area contributed by atoms with E-state index in [9.17, 15) is 14.4 Å². The highest BCUT2D eigenvalue weighted by Gasteiger charge is 2.36. The standard InChI is InChI=1S/C14H12N2O5/c1-16-13(18)10-11(14(16)19)15-7-5-9(21-3)8(20-2)4-6(7)12(10)17/h4-5H,1-3H3,(H,15,17). The molecular weight excluding hydrogens is 276 g/mol. The van der Waals surface area contributed by atoms with E-state index < -0.39 is 17.2 Å². The minimum absolute atomic E-state index is 0.00669. The summed E-state index contributed by atoms with van der Waals surface area (Å²) in [6.45, 7) is 0. The van der Waals surface area contributed by atoms with Crippen molar-refractivity contribution < 1.29 is 19.1 Å². The van der Waals surface area contributed by atoms with Crippen LogP contribution in [0.2, 0.25) is 0 Å². The summed E-state index contributed by atoms with van der Waals surface area (Å²) in [5, 5.41) is 0.267. The molecule has 2 amide bonds. The van der Waals surface area contributed by atoms with Crippen LogP contribution < -0.4 is 14.9 Å². The number of aromatic amines is 1. The molecule has 21 heavy (non-hydrogen) atoms. The van der Waals surface area contributed by atoms with Crippen LogP contribution in [0.25, 0.3) is 10.9 Å². The van der Waals surface area contributed by atoms with E-state index in [0.29, 0.717) is 17.0 Å². The number of ether oxygens (including phenoxy) is 2. The second kappa shape index (κ2) is 4.34. The predicted molar refractivity (Wildman–Crippen MR) is 74.1 cm³/mol. The van der Waals surface area contributed by atoms with Crippen LogP contribution in [0.4, 0.5) is 0 Å². The number of hydrogen-bond acceptors (Lipinski definition) is 5. The summed E-state index contributed by atoms with van der Waals surface area (Å²) in [5.41, 5.74) is -0.218. The number of H-pyrrole nitrogens is 1. The smallest absolute Gasteiger partial charge is 0.277 e. The first-order chi connectivity index (χ1) is 9.99. The minimum Gasteiger partial charge on any atom is -0.493 e. The summed E-state index contributed by atoms with van der Waals surface area (Å²) < 4.78 is 10.3. The first-order valence-corrected chi connectivity index (χ1v) is 6.14. The number of nitrogens with one attached hydrogen (secondary N) is 1. The van der Waals surface area contributed by atoms with Crippen molar-refractivity contribution >= 4 is 22.7 Å². The Balaban J connectivity index is 2.42. The molecule has 0 atom stereocenters. The second-order valence-electron chi connectivity index (χ2n) is 4.63. The van der Waals surface area contributed by atoms with Crippen LogP contribution in [0.1, 0.15) is 20.8 Å². The fraction of sp³-hybridized carbons (Fsp3) is 0.214. The highest BCUT2D eigenvalue weighted by atomic mass is 16.5. The van der Waals surface area contributed by atoms with Crippen LogP contribution >= 0.6 is 0 Å². The summed E-state index contributed by atoms with van der Waals surface area (Å²) in [4.78, 5) is 40.2. The topological polar surface area (TPSA) is 88.7 Å². The number of hydrogen-bond donors (Lipinski definition) is 1. The number of carbonyl (C=O) groups excluding carboxylic acids is 2. The van der Waals surface area contributed by atoms with E-state index in [0.717, 1.165) is 4.90 Å². The van der Waals surface area contributed by atoms with Crippen LogP contribution in [-0.4, -0.2) is 43.0 Å². The Morgan fingerprint density at radius 1 is 1.00 bits per heavy atom. The molecule has 2 aromatic rings. The molecular formula is C14H12N2O5. The number of amides is 2. The lowest BCUT2D eigenvalue weighted by molar-refractivity contribution is 0.0691. The molecule has 0 unspecified atom stereocenters. The molecule has 1 N–H and O–H groups in total. The molecule has 0 aliphatic carbocycles. The number of carbonyl (C=O) groups is 2. The van der Waals surface area contributed by atoms with E-state index in [1.54, 1.807) is 6.07 Å². The third-order valence-corrected chi connectivity index (χ3v) is 3.54. The molecule has 108 valence electrons. The van der Waals surface area contributed by atoms with Crippen molar-refractivity contribution in [3.63, 3.8) is 0 Å². The lowest BCUT2D eigenvalue weighted by atomic mass is 10.1. The number of rotatable bonds is 2. The molecule has 3 rings (SSSR count). The zero-order chi connectivity index (χ0) is 15.3. The van der Waals surface area contributed by atoms with Gasteiger partial charge in [0.25, 0.3) is 11.8 Å². The quantitative estimate of drug-likeness (QED) is 0.825. The zero-order valence-electron chi connectivity index (χ0n) is 11.6. The van der Waals surface area contributed by atoms with E-state index in [1.807, 2.05) is 0 Å². The van der Waals surface area contributed by atoms with Crippen molar-refractivity contribution in [3.05, 3.63) is 33.6 Å². The van der Waals surface area contributed by atoms with Crippen LogP contribution in [0.5, 0.6) is 11.5 Å². The van der Waals surface area contributed by atoms with Crippen LogP contribution in [0.15, 0.2) is 16.9 Å². The summed E-state index contributed by atoms with van der Waals surface area (Å²) >= 11 is 0. The molecule has 1 aromatic carbocycles. The summed E-state index contributed by atoms with van der Waals surface area (Å²) in [5.74, 6) is -0.331. The number of imide groups is 1. The Morgan fingerprint density at radius 2 is 1.62 bits per heavy atom. The molecule has 0 radical (unpaired) electrons. The number of fused-ring (bicyclic) bond motifs is 2. The molecule has 7 heteroatoms. The maximum absolute atomic E-state index is 12.5. The van der Waals surface area contributed by atoms with Gasteiger partial charge in [-0.1, -0.05) is 0 Å². The van der Waals surface area contributed by atoms with Crippen LogP contribution in [0, 0.1) is 0 Å². The predicted octanol–water partition coefficient (Wildman–Crippen LogP) is 0.771. The first kappa shape index (κ1) is 13.2. The van der Waals surface area contributed by atoms with Gasteiger partial charge in [-0.2, -0.15) is 0 Å². The third-order valence-electron chi connectivity index (χ3n) is 3.54. The van der Waals surface area contributed by atoms with Crippen molar-refractivity contribution in [3.8, 4) is 11.5 Å². The maximum atomic E-state index is 12.5. The second-order valence-corrected chi connectivity index (χ2v) is 4.63. The lowest BCUT2D eigenvalue weighted by Crippen LogP contribution is -2.25. The van der Waals surface area contributed by atoms with Gasteiger partial charge in [0.1, 0.15) is 11.3 Å². The van der Waals surface area contributed by atoms with E-state index in [2.05, 4.69) is 4.98 Å². The molecule has 1 aliphatic rings. The number of nitrogens with zero attached hydrogens (tertiary/aromatic N) is 1. The molecule has 7 nitrogen and oxygen atoms in total. The van der Waals surface area contributed by atoms with Crippen molar-refractivity contribution in [1.82, 2.24) is 9.88 Å². The fourth-order valence-electron chi connectivity index (χ4n) is 2.41. The zero-order valence-corrected chi connectivity index (χ0v) is 11.6. The summed E-state index contributed by atoms with van der Waals surface area (Å²) in [6.07, 6.45) is 0. The number of aromatic nitrogens is 1. The van der Waals surface area contributed by atoms with Crippen molar-refractivity contribution in [2.45, 2.75) is 0 Å². The third kappa shape index (κ3) is 1.63. The van der Waals surface area contributed by atoms with Gasteiger partial charge in [0, 0.05) is 13.1 Å². The van der Waals surface area contributed by atoms with Crippen molar-refractivity contribution in [2.75, 3.05) is 21.3 Å². The van der Waals surface area contributed by atoms with Crippen LogP contribution in [-0.2, 0) is 0 Å². The molecule has 0 bridgehead atoms. The average molecular weight is 288 g/mol. The molecule has 1 aromatic heterocycles. The van der Waals surface area contributed by atoms with E-state index in [1.165, 1.54) is 27.3 Å². The normalized spacial score (nSPS) is 13.8. The van der Waals surface area contributed by atoms with Gasteiger partial charge in [0.15, 0.2) is 11.5 Å². The fourth-order valence-corrected chi connectivity index (χ4v) is 2.41. The Morgan fingerprint density at radius 3 is 2.24 bits per heavy atom. The minimum atomic E-state index is -0.604. The Labute approximate surface area is 119 Å². The maximum Gasteiger partial charge on any atom is 0.277 e. The van der Waals surface area contributed by atoms with Crippen molar-refractivity contribution in [2.24, 2.45) is 0 Å². The van der Waals surface area contributed by atoms with E-state index in [-0.39, 0.29) is 16.6 Å².